The van der Waals surface area contributed by atoms with E-state index in [-0.39, 0.29) is 11.6 Å². The number of non-ortho nitro benzene ring substituents is 1. The van der Waals surface area contributed by atoms with Crippen LogP contribution in [-0.2, 0) is 7.05 Å². The third-order valence-corrected chi connectivity index (χ3v) is 2.86. The number of nitrogens with zero attached hydrogens (tertiary/aromatic N) is 2. The Hall–Kier alpha value is -2.63. The van der Waals surface area contributed by atoms with Crippen LogP contribution in [0, 0.1) is 17.0 Å². The highest BCUT2D eigenvalue weighted by Crippen LogP contribution is 2.22. The standard InChI is InChI=1S/C13H13N3O3/c1-9-5-6-10(16(18)19)8-11(9)14-13(17)12-4-3-7-15(12)2/h3-8H,1-2H3,(H,14,17). The molecule has 1 aromatic carbocycles. The highest BCUT2D eigenvalue weighted by Gasteiger charge is 2.13. The highest BCUT2D eigenvalue weighted by molar-refractivity contribution is 6.03. The molecule has 0 spiro atoms. The van der Waals surface area contributed by atoms with Crippen molar-refractivity contribution in [3.8, 4) is 0 Å². The smallest absolute Gasteiger partial charge is 0.272 e. The quantitative estimate of drug-likeness (QED) is 0.679. The lowest BCUT2D eigenvalue weighted by Gasteiger charge is -2.08. The molecule has 2 rings (SSSR count). The lowest BCUT2D eigenvalue weighted by atomic mass is 10.2. The summed E-state index contributed by atoms with van der Waals surface area (Å²) in [6.07, 6.45) is 1.76. The highest BCUT2D eigenvalue weighted by atomic mass is 16.6. The number of hydrogen-bond donors (Lipinski definition) is 1. The summed E-state index contributed by atoms with van der Waals surface area (Å²) < 4.78 is 1.68. The normalized spacial score (nSPS) is 10.2. The van der Waals surface area contributed by atoms with E-state index in [1.807, 2.05) is 0 Å². The summed E-state index contributed by atoms with van der Waals surface area (Å²) in [5.41, 5.74) is 1.66. The first-order chi connectivity index (χ1) is 8.99. The van der Waals surface area contributed by atoms with Crippen LogP contribution in [0.4, 0.5) is 11.4 Å². The average molecular weight is 259 g/mol. The number of aryl methyl sites for hydroxylation is 2. The maximum atomic E-state index is 12.0. The first kappa shape index (κ1) is 12.8. The van der Waals surface area contributed by atoms with Crippen molar-refractivity contribution in [2.75, 3.05) is 5.32 Å². The van der Waals surface area contributed by atoms with E-state index in [0.717, 1.165) is 5.56 Å². The molecule has 6 nitrogen and oxygen atoms in total. The third-order valence-electron chi connectivity index (χ3n) is 2.86. The van der Waals surface area contributed by atoms with Crippen LogP contribution in [0.1, 0.15) is 16.1 Å². The minimum Gasteiger partial charge on any atom is -0.347 e. The van der Waals surface area contributed by atoms with Crippen molar-refractivity contribution >= 4 is 17.3 Å². The first-order valence-electron chi connectivity index (χ1n) is 5.67. The van der Waals surface area contributed by atoms with Gasteiger partial charge in [-0.2, -0.15) is 0 Å². The average Bonchev–Trinajstić information content (AvgIpc) is 2.78. The number of nitrogens with one attached hydrogen (secondary N) is 1. The van der Waals surface area contributed by atoms with Crippen molar-refractivity contribution in [3.05, 3.63) is 57.9 Å². The summed E-state index contributed by atoms with van der Waals surface area (Å²) >= 11 is 0. The molecule has 6 heteroatoms. The molecular formula is C13H13N3O3. The van der Waals surface area contributed by atoms with E-state index in [1.54, 1.807) is 42.9 Å². The minimum absolute atomic E-state index is 0.0484. The van der Waals surface area contributed by atoms with Crippen LogP contribution in [0.25, 0.3) is 0 Å². The van der Waals surface area contributed by atoms with Crippen molar-refractivity contribution in [2.45, 2.75) is 6.92 Å². The van der Waals surface area contributed by atoms with Crippen LogP contribution in [0.3, 0.4) is 0 Å². The summed E-state index contributed by atoms with van der Waals surface area (Å²) in [7, 11) is 1.76. The number of hydrogen-bond acceptors (Lipinski definition) is 3. The largest absolute Gasteiger partial charge is 0.347 e. The lowest BCUT2D eigenvalue weighted by Crippen LogP contribution is -2.16. The van der Waals surface area contributed by atoms with Crippen molar-refractivity contribution < 1.29 is 9.72 Å². The molecule has 98 valence electrons. The fourth-order valence-electron chi connectivity index (χ4n) is 1.74. The van der Waals surface area contributed by atoms with Crippen molar-refractivity contribution in [2.24, 2.45) is 7.05 Å². The molecule has 0 saturated heterocycles. The molecule has 0 fully saturated rings. The Bertz CT molecular complexity index is 646. The number of carbonyl (C=O) groups excluding carboxylic acids is 1. The summed E-state index contributed by atoms with van der Waals surface area (Å²) in [4.78, 5) is 22.3. The summed E-state index contributed by atoms with van der Waals surface area (Å²) in [5, 5.41) is 13.4. The number of anilines is 1. The summed E-state index contributed by atoms with van der Waals surface area (Å²) in [5.74, 6) is -0.295. The predicted octanol–water partition coefficient (Wildman–Crippen LogP) is 2.49. The number of amides is 1. The van der Waals surface area contributed by atoms with Gasteiger partial charge in [0.05, 0.1) is 10.6 Å². The van der Waals surface area contributed by atoms with Crippen LogP contribution in [0.2, 0.25) is 0 Å². The molecule has 0 unspecified atom stereocenters. The zero-order chi connectivity index (χ0) is 14.0. The summed E-state index contributed by atoms with van der Waals surface area (Å²) in [6, 6.07) is 7.82. The van der Waals surface area contributed by atoms with E-state index in [0.29, 0.717) is 11.4 Å². The van der Waals surface area contributed by atoms with Gasteiger partial charge in [0.15, 0.2) is 0 Å². The van der Waals surface area contributed by atoms with Gasteiger partial charge in [-0.1, -0.05) is 6.07 Å². The molecule has 0 saturated carbocycles. The van der Waals surface area contributed by atoms with Gasteiger partial charge in [0.25, 0.3) is 11.6 Å². The Morgan fingerprint density at radius 3 is 2.68 bits per heavy atom. The molecule has 1 aromatic heterocycles. The second kappa shape index (κ2) is 4.93. The van der Waals surface area contributed by atoms with Crippen molar-refractivity contribution in [3.63, 3.8) is 0 Å². The Morgan fingerprint density at radius 2 is 2.11 bits per heavy atom. The predicted molar refractivity (Wildman–Crippen MR) is 71.2 cm³/mol. The molecule has 0 aliphatic rings. The van der Waals surface area contributed by atoms with Gasteiger partial charge in [0.1, 0.15) is 5.69 Å². The van der Waals surface area contributed by atoms with Gasteiger partial charge in [-0.05, 0) is 24.6 Å². The second-order valence-electron chi connectivity index (χ2n) is 4.21. The number of carbonyl (C=O) groups is 1. The molecule has 0 atom stereocenters. The van der Waals surface area contributed by atoms with Gasteiger partial charge < -0.3 is 9.88 Å². The Labute approximate surface area is 109 Å². The third kappa shape index (κ3) is 2.62. The zero-order valence-electron chi connectivity index (χ0n) is 10.6. The van der Waals surface area contributed by atoms with Gasteiger partial charge in [-0.25, -0.2) is 0 Å². The molecule has 0 aliphatic carbocycles. The van der Waals surface area contributed by atoms with E-state index in [4.69, 9.17) is 0 Å². The Kier molecular flexibility index (Phi) is 3.33. The van der Waals surface area contributed by atoms with E-state index < -0.39 is 4.92 Å². The number of aromatic nitrogens is 1. The van der Waals surface area contributed by atoms with Gasteiger partial charge >= 0.3 is 0 Å². The Balaban J connectivity index is 2.28. The lowest BCUT2D eigenvalue weighted by molar-refractivity contribution is -0.384. The monoisotopic (exact) mass is 259 g/mol. The fraction of sp³-hybridized carbons (Fsp3) is 0.154. The summed E-state index contributed by atoms with van der Waals surface area (Å²) in [6.45, 7) is 1.78. The molecule has 0 aliphatic heterocycles. The molecule has 1 amide bonds. The number of nitro benzene ring substituents is 1. The van der Waals surface area contributed by atoms with Crippen LogP contribution < -0.4 is 5.32 Å². The second-order valence-corrected chi connectivity index (χ2v) is 4.21. The fourth-order valence-corrected chi connectivity index (χ4v) is 1.74. The molecule has 1 N–H and O–H groups in total. The topological polar surface area (TPSA) is 77.2 Å². The van der Waals surface area contributed by atoms with E-state index in [1.165, 1.54) is 12.1 Å². The molecule has 2 aromatic rings. The van der Waals surface area contributed by atoms with Gasteiger partial charge in [-0.3, -0.25) is 14.9 Å². The van der Waals surface area contributed by atoms with Gasteiger partial charge in [0, 0.05) is 25.4 Å². The van der Waals surface area contributed by atoms with Crippen LogP contribution in [0.5, 0.6) is 0 Å². The maximum absolute atomic E-state index is 12.0. The SMILES string of the molecule is Cc1ccc([N+](=O)[O-])cc1NC(=O)c1cccn1C. The molecule has 1 heterocycles. The number of benzene rings is 1. The molecular weight excluding hydrogens is 246 g/mol. The first-order valence-corrected chi connectivity index (χ1v) is 5.67. The maximum Gasteiger partial charge on any atom is 0.272 e. The van der Waals surface area contributed by atoms with Crippen LogP contribution >= 0.6 is 0 Å². The van der Waals surface area contributed by atoms with E-state index in [2.05, 4.69) is 5.32 Å². The van der Waals surface area contributed by atoms with Crippen molar-refractivity contribution in [1.82, 2.24) is 4.57 Å². The minimum atomic E-state index is -0.488. The zero-order valence-corrected chi connectivity index (χ0v) is 10.6. The molecule has 0 bridgehead atoms. The van der Waals surface area contributed by atoms with Crippen LogP contribution in [-0.4, -0.2) is 15.4 Å². The number of nitro groups is 1. The van der Waals surface area contributed by atoms with Gasteiger partial charge in [-0.15, -0.1) is 0 Å². The Morgan fingerprint density at radius 1 is 1.37 bits per heavy atom. The number of rotatable bonds is 3. The van der Waals surface area contributed by atoms with Gasteiger partial charge in [0.2, 0.25) is 0 Å². The molecule has 19 heavy (non-hydrogen) atoms. The molecule has 0 radical (unpaired) electrons. The van der Waals surface area contributed by atoms with Crippen molar-refractivity contribution in [1.29, 1.82) is 0 Å². The van der Waals surface area contributed by atoms with E-state index in [9.17, 15) is 14.9 Å². The van der Waals surface area contributed by atoms with Crippen LogP contribution in [0.15, 0.2) is 36.5 Å². The van der Waals surface area contributed by atoms with E-state index >= 15 is 0 Å².